The number of fused-ring (bicyclic) bond motifs is 1. The van der Waals surface area contributed by atoms with Crippen LogP contribution < -0.4 is 10.6 Å². The number of nitrogens with zero attached hydrogens (tertiary/aromatic N) is 1. The lowest BCUT2D eigenvalue weighted by molar-refractivity contribution is -0.117. The van der Waals surface area contributed by atoms with E-state index in [4.69, 9.17) is 0 Å². The van der Waals surface area contributed by atoms with Gasteiger partial charge < -0.3 is 10.6 Å². The van der Waals surface area contributed by atoms with E-state index in [2.05, 4.69) is 15.6 Å². The number of hydrogen-bond donors (Lipinski definition) is 2. The number of rotatable bonds is 2. The monoisotopic (exact) mass is 257 g/mol. The third kappa shape index (κ3) is 2.27. The van der Waals surface area contributed by atoms with Gasteiger partial charge in [-0.05, 0) is 23.8 Å². The van der Waals surface area contributed by atoms with Crippen molar-refractivity contribution in [1.29, 1.82) is 0 Å². The SMILES string of the molecule is O=C(Nc1ccc(F)nc1)C1CNc2ccccc21. The van der Waals surface area contributed by atoms with E-state index >= 15 is 0 Å². The number of hydrogen-bond acceptors (Lipinski definition) is 3. The molecule has 2 heterocycles. The van der Waals surface area contributed by atoms with Crippen LogP contribution in [0.25, 0.3) is 0 Å². The lowest BCUT2D eigenvalue weighted by atomic mass is 10.0. The van der Waals surface area contributed by atoms with Gasteiger partial charge in [0, 0.05) is 12.2 Å². The molecule has 1 atom stereocenters. The second kappa shape index (κ2) is 4.68. The minimum absolute atomic E-state index is 0.120. The van der Waals surface area contributed by atoms with Crippen molar-refractivity contribution < 1.29 is 9.18 Å². The van der Waals surface area contributed by atoms with Crippen LogP contribution in [0.1, 0.15) is 11.5 Å². The summed E-state index contributed by atoms with van der Waals surface area (Å²) in [5.41, 5.74) is 2.46. The van der Waals surface area contributed by atoms with Crippen molar-refractivity contribution in [3.8, 4) is 0 Å². The summed E-state index contributed by atoms with van der Waals surface area (Å²) in [4.78, 5) is 15.7. The van der Waals surface area contributed by atoms with Gasteiger partial charge in [0.1, 0.15) is 0 Å². The van der Waals surface area contributed by atoms with Crippen LogP contribution in [0.15, 0.2) is 42.6 Å². The summed E-state index contributed by atoms with van der Waals surface area (Å²) in [5, 5.41) is 5.93. The maximum absolute atomic E-state index is 12.7. The van der Waals surface area contributed by atoms with E-state index < -0.39 is 5.95 Å². The molecule has 96 valence electrons. The average Bonchev–Trinajstić information content (AvgIpc) is 2.85. The van der Waals surface area contributed by atoms with E-state index in [1.54, 1.807) is 0 Å². The first-order chi connectivity index (χ1) is 9.24. The van der Waals surface area contributed by atoms with Crippen molar-refractivity contribution >= 4 is 17.3 Å². The predicted octanol–water partition coefficient (Wildman–Crippen LogP) is 2.37. The maximum Gasteiger partial charge on any atom is 0.233 e. The number of carbonyl (C=O) groups is 1. The van der Waals surface area contributed by atoms with E-state index in [1.807, 2.05) is 24.3 Å². The predicted molar refractivity (Wildman–Crippen MR) is 70.5 cm³/mol. The molecule has 1 aromatic heterocycles. The van der Waals surface area contributed by atoms with Gasteiger partial charge in [0.05, 0.1) is 17.8 Å². The number of nitrogens with one attached hydrogen (secondary N) is 2. The molecule has 1 aliphatic heterocycles. The molecule has 3 rings (SSSR count). The van der Waals surface area contributed by atoms with Gasteiger partial charge in [0.2, 0.25) is 11.9 Å². The van der Waals surface area contributed by atoms with Crippen LogP contribution in [0.3, 0.4) is 0 Å². The zero-order valence-electron chi connectivity index (χ0n) is 10.1. The summed E-state index contributed by atoms with van der Waals surface area (Å²) < 4.78 is 12.7. The quantitative estimate of drug-likeness (QED) is 0.812. The van der Waals surface area contributed by atoms with E-state index in [0.29, 0.717) is 12.2 Å². The molecule has 1 amide bonds. The molecule has 4 nitrogen and oxygen atoms in total. The van der Waals surface area contributed by atoms with Gasteiger partial charge in [-0.2, -0.15) is 4.39 Å². The van der Waals surface area contributed by atoms with Crippen LogP contribution in [-0.4, -0.2) is 17.4 Å². The number of pyridine rings is 1. The van der Waals surface area contributed by atoms with Gasteiger partial charge in [-0.1, -0.05) is 18.2 Å². The fourth-order valence-electron chi connectivity index (χ4n) is 2.20. The highest BCUT2D eigenvalue weighted by Crippen LogP contribution is 2.31. The van der Waals surface area contributed by atoms with Gasteiger partial charge in [0.25, 0.3) is 0 Å². The van der Waals surface area contributed by atoms with Gasteiger partial charge in [-0.15, -0.1) is 0 Å². The highest BCUT2D eigenvalue weighted by Gasteiger charge is 2.28. The fourth-order valence-corrected chi connectivity index (χ4v) is 2.20. The first-order valence-corrected chi connectivity index (χ1v) is 5.99. The Labute approximate surface area is 109 Å². The highest BCUT2D eigenvalue weighted by atomic mass is 19.1. The number of para-hydroxylation sites is 1. The second-order valence-electron chi connectivity index (χ2n) is 4.38. The number of anilines is 2. The number of benzene rings is 1. The summed E-state index contributed by atoms with van der Waals surface area (Å²) in [7, 11) is 0. The molecule has 0 fully saturated rings. The van der Waals surface area contributed by atoms with Gasteiger partial charge in [0.15, 0.2) is 0 Å². The number of aromatic nitrogens is 1. The van der Waals surface area contributed by atoms with Gasteiger partial charge in [-0.25, -0.2) is 4.98 Å². The van der Waals surface area contributed by atoms with Crippen LogP contribution in [0.4, 0.5) is 15.8 Å². The Kier molecular flexibility index (Phi) is 2.87. The lowest BCUT2D eigenvalue weighted by Crippen LogP contribution is -2.22. The second-order valence-corrected chi connectivity index (χ2v) is 4.38. The van der Waals surface area contributed by atoms with Crippen LogP contribution in [0, 0.1) is 5.95 Å². The highest BCUT2D eigenvalue weighted by molar-refractivity contribution is 5.98. The Morgan fingerprint density at radius 3 is 2.95 bits per heavy atom. The third-order valence-electron chi connectivity index (χ3n) is 3.14. The fraction of sp³-hybridized carbons (Fsp3) is 0.143. The summed E-state index contributed by atoms with van der Waals surface area (Å²) in [6, 6.07) is 10.4. The number of amides is 1. The molecular formula is C14H12FN3O. The summed E-state index contributed by atoms with van der Waals surface area (Å²) in [5.74, 6) is -0.919. The normalized spacial score (nSPS) is 16.6. The molecule has 1 unspecified atom stereocenters. The molecule has 0 radical (unpaired) electrons. The van der Waals surface area contributed by atoms with E-state index in [1.165, 1.54) is 18.3 Å². The lowest BCUT2D eigenvalue weighted by Gasteiger charge is -2.10. The number of carbonyl (C=O) groups excluding carboxylic acids is 1. The summed E-state index contributed by atoms with van der Waals surface area (Å²) >= 11 is 0. The zero-order valence-corrected chi connectivity index (χ0v) is 10.1. The maximum atomic E-state index is 12.7. The first kappa shape index (κ1) is 11.6. The van der Waals surface area contributed by atoms with Crippen LogP contribution in [0.5, 0.6) is 0 Å². The zero-order chi connectivity index (χ0) is 13.2. The van der Waals surface area contributed by atoms with Crippen LogP contribution >= 0.6 is 0 Å². The topological polar surface area (TPSA) is 54.0 Å². The van der Waals surface area contributed by atoms with Crippen molar-refractivity contribution in [2.75, 3.05) is 17.2 Å². The molecule has 0 bridgehead atoms. The Balaban J connectivity index is 1.77. The first-order valence-electron chi connectivity index (χ1n) is 5.99. The average molecular weight is 257 g/mol. The van der Waals surface area contributed by atoms with E-state index in [0.717, 1.165) is 11.3 Å². The van der Waals surface area contributed by atoms with Gasteiger partial charge in [-0.3, -0.25) is 4.79 Å². The molecular weight excluding hydrogens is 245 g/mol. The summed E-state index contributed by atoms with van der Waals surface area (Å²) in [6.45, 7) is 0.569. The molecule has 1 aromatic carbocycles. The Morgan fingerprint density at radius 2 is 2.16 bits per heavy atom. The van der Waals surface area contributed by atoms with Crippen molar-refractivity contribution in [1.82, 2.24) is 4.98 Å². The standard InChI is InChI=1S/C14H12FN3O/c15-13-6-5-9(7-17-13)18-14(19)11-8-16-12-4-2-1-3-10(11)12/h1-7,11,16H,8H2,(H,18,19). The third-order valence-corrected chi connectivity index (χ3v) is 3.14. The molecule has 0 spiro atoms. The molecule has 0 saturated heterocycles. The Bertz CT molecular complexity index is 612. The minimum atomic E-state index is -0.564. The van der Waals surface area contributed by atoms with E-state index in [-0.39, 0.29) is 11.8 Å². The molecule has 2 aromatic rings. The van der Waals surface area contributed by atoms with Crippen molar-refractivity contribution in [2.45, 2.75) is 5.92 Å². The largest absolute Gasteiger partial charge is 0.384 e. The molecule has 0 saturated carbocycles. The smallest absolute Gasteiger partial charge is 0.233 e. The van der Waals surface area contributed by atoms with E-state index in [9.17, 15) is 9.18 Å². The van der Waals surface area contributed by atoms with Crippen molar-refractivity contribution in [2.24, 2.45) is 0 Å². The summed E-state index contributed by atoms with van der Waals surface area (Å²) in [6.07, 6.45) is 1.31. The molecule has 2 N–H and O–H groups in total. The molecule has 1 aliphatic rings. The number of halogens is 1. The Hall–Kier alpha value is -2.43. The van der Waals surface area contributed by atoms with Crippen molar-refractivity contribution in [3.05, 3.63) is 54.1 Å². The van der Waals surface area contributed by atoms with Crippen LogP contribution in [0.2, 0.25) is 0 Å². The van der Waals surface area contributed by atoms with Crippen LogP contribution in [-0.2, 0) is 4.79 Å². The molecule has 5 heteroatoms. The Morgan fingerprint density at radius 1 is 1.32 bits per heavy atom. The van der Waals surface area contributed by atoms with Gasteiger partial charge >= 0.3 is 0 Å². The molecule has 0 aliphatic carbocycles. The van der Waals surface area contributed by atoms with Crippen molar-refractivity contribution in [3.63, 3.8) is 0 Å². The molecule has 19 heavy (non-hydrogen) atoms. The minimum Gasteiger partial charge on any atom is -0.384 e.